The lowest BCUT2D eigenvalue weighted by Crippen LogP contribution is -2.72. The first-order valence-corrected chi connectivity index (χ1v) is 7.45. The van der Waals surface area contributed by atoms with E-state index >= 15 is 0 Å². The van der Waals surface area contributed by atoms with Gasteiger partial charge < -0.3 is 19.3 Å². The van der Waals surface area contributed by atoms with E-state index in [0.717, 1.165) is 0 Å². The summed E-state index contributed by atoms with van der Waals surface area (Å²) in [6.07, 6.45) is -0.601. The van der Waals surface area contributed by atoms with Crippen molar-refractivity contribution in [2.75, 3.05) is 6.61 Å². The number of hydrogen-bond acceptors (Lipinski definition) is 6. The van der Waals surface area contributed by atoms with E-state index < -0.39 is 39.7 Å². The number of carbonyl (C=O) groups is 2. The van der Waals surface area contributed by atoms with Crippen LogP contribution in [0.2, 0.25) is 0 Å². The van der Waals surface area contributed by atoms with Crippen molar-refractivity contribution >= 4 is 11.9 Å². The molecule has 2 aliphatic carbocycles. The maximum absolute atomic E-state index is 12.4. The molecule has 7 atom stereocenters. The third kappa shape index (κ3) is 0.744. The molecule has 114 valence electrons. The van der Waals surface area contributed by atoms with Crippen LogP contribution in [-0.4, -0.2) is 47.1 Å². The van der Waals surface area contributed by atoms with Crippen LogP contribution in [0.4, 0.5) is 0 Å². The van der Waals surface area contributed by atoms with E-state index in [1.807, 2.05) is 20.8 Å². The summed E-state index contributed by atoms with van der Waals surface area (Å²) >= 11 is 0. The normalized spacial score (nSPS) is 66.3. The Morgan fingerprint density at radius 3 is 2.67 bits per heavy atom. The Kier molecular flexibility index (Phi) is 1.62. The zero-order valence-corrected chi connectivity index (χ0v) is 12.3. The van der Waals surface area contributed by atoms with Gasteiger partial charge in [0.2, 0.25) is 0 Å². The number of rotatable bonds is 0. The summed E-state index contributed by atoms with van der Waals surface area (Å²) in [6.45, 7) is 5.86. The van der Waals surface area contributed by atoms with E-state index in [1.165, 1.54) is 0 Å². The van der Waals surface area contributed by atoms with Crippen LogP contribution in [0.15, 0.2) is 0 Å². The highest BCUT2D eigenvalue weighted by Crippen LogP contribution is 2.86. The maximum Gasteiger partial charge on any atom is 0.315 e. The second-order valence-electron chi connectivity index (χ2n) is 7.88. The van der Waals surface area contributed by atoms with E-state index in [9.17, 15) is 14.7 Å². The van der Waals surface area contributed by atoms with E-state index in [0.29, 0.717) is 6.42 Å². The van der Waals surface area contributed by atoms with Crippen LogP contribution < -0.4 is 0 Å². The third-order valence-electron chi connectivity index (χ3n) is 7.72. The minimum absolute atomic E-state index is 0.208. The SMILES string of the molecule is CC12C(=O)OCC1(C)[C@@]13C[C@H](O)[C@@]4(C)OC2C14CC(=O)O3. The number of aliphatic hydroxyl groups is 1. The first-order valence-electron chi connectivity index (χ1n) is 7.45. The molecule has 0 aromatic carbocycles. The molecule has 4 unspecified atom stereocenters. The molecule has 0 aromatic rings. The summed E-state index contributed by atoms with van der Waals surface area (Å²) in [5.41, 5.74) is -3.79. The average molecular weight is 294 g/mol. The monoisotopic (exact) mass is 294 g/mol. The number of carbonyl (C=O) groups excluding carboxylic acids is 2. The lowest BCUT2D eigenvalue weighted by molar-refractivity contribution is -0.334. The zero-order chi connectivity index (χ0) is 15.1. The number of hydrogen-bond donors (Lipinski definition) is 1. The predicted molar refractivity (Wildman–Crippen MR) is 66.9 cm³/mol. The molecule has 6 heteroatoms. The van der Waals surface area contributed by atoms with Crippen LogP contribution in [0, 0.1) is 16.2 Å². The van der Waals surface area contributed by atoms with Crippen molar-refractivity contribution in [2.45, 2.75) is 57.0 Å². The summed E-state index contributed by atoms with van der Waals surface area (Å²) < 4.78 is 17.3. The third-order valence-corrected chi connectivity index (χ3v) is 7.72. The quantitative estimate of drug-likeness (QED) is 0.641. The molecule has 3 heterocycles. The summed E-state index contributed by atoms with van der Waals surface area (Å²) in [5.74, 6) is -0.540. The Morgan fingerprint density at radius 2 is 1.95 bits per heavy atom. The van der Waals surface area contributed by atoms with Gasteiger partial charge in [-0.05, 0) is 13.8 Å². The Labute approximate surface area is 121 Å². The topological polar surface area (TPSA) is 82.1 Å². The van der Waals surface area contributed by atoms with Crippen LogP contribution in [0.3, 0.4) is 0 Å². The summed E-state index contributed by atoms with van der Waals surface area (Å²) in [7, 11) is 0. The van der Waals surface area contributed by atoms with E-state index in [-0.39, 0.29) is 25.0 Å². The summed E-state index contributed by atoms with van der Waals surface area (Å²) in [5, 5.41) is 10.5. The molecule has 5 aliphatic rings. The van der Waals surface area contributed by atoms with Crippen LogP contribution in [0.5, 0.6) is 0 Å². The van der Waals surface area contributed by atoms with Gasteiger partial charge in [-0.3, -0.25) is 9.59 Å². The van der Waals surface area contributed by atoms with Crippen molar-refractivity contribution in [2.24, 2.45) is 16.2 Å². The maximum atomic E-state index is 12.4. The molecule has 1 spiro atoms. The lowest BCUT2D eigenvalue weighted by Gasteiger charge is -2.59. The van der Waals surface area contributed by atoms with E-state index in [2.05, 4.69) is 0 Å². The molecule has 5 rings (SSSR count). The Hall–Kier alpha value is -1.14. The molecule has 0 amide bonds. The van der Waals surface area contributed by atoms with Gasteiger partial charge in [-0.1, -0.05) is 6.92 Å². The number of ether oxygens (including phenoxy) is 3. The van der Waals surface area contributed by atoms with Crippen molar-refractivity contribution in [3.8, 4) is 0 Å². The van der Waals surface area contributed by atoms with Gasteiger partial charge in [-0.25, -0.2) is 0 Å². The Balaban J connectivity index is 1.85. The van der Waals surface area contributed by atoms with Crippen molar-refractivity contribution < 1.29 is 28.9 Å². The average Bonchev–Trinajstić information content (AvgIpc) is 2.92. The molecule has 0 radical (unpaired) electrons. The lowest BCUT2D eigenvalue weighted by atomic mass is 9.60. The van der Waals surface area contributed by atoms with E-state index in [1.54, 1.807) is 0 Å². The number of aliphatic hydroxyl groups excluding tert-OH is 1. The van der Waals surface area contributed by atoms with Crippen molar-refractivity contribution in [1.29, 1.82) is 0 Å². The van der Waals surface area contributed by atoms with Crippen LogP contribution in [-0.2, 0) is 23.8 Å². The van der Waals surface area contributed by atoms with Crippen LogP contribution >= 0.6 is 0 Å². The zero-order valence-electron chi connectivity index (χ0n) is 12.3. The molecule has 21 heavy (non-hydrogen) atoms. The van der Waals surface area contributed by atoms with Crippen LogP contribution in [0.25, 0.3) is 0 Å². The molecule has 6 nitrogen and oxygen atoms in total. The fourth-order valence-corrected chi connectivity index (χ4v) is 6.40. The minimum atomic E-state index is -0.866. The summed E-state index contributed by atoms with van der Waals surface area (Å²) in [6, 6.07) is 0. The molecular weight excluding hydrogens is 276 g/mol. The van der Waals surface area contributed by atoms with Crippen molar-refractivity contribution in [3.63, 3.8) is 0 Å². The molecule has 0 bridgehead atoms. The van der Waals surface area contributed by atoms with Crippen LogP contribution in [0.1, 0.15) is 33.6 Å². The first kappa shape index (κ1) is 12.4. The molecule has 3 aliphatic heterocycles. The molecule has 5 fully saturated rings. The van der Waals surface area contributed by atoms with Gasteiger partial charge in [0.1, 0.15) is 23.2 Å². The standard InChI is InChI=1S/C15H18O6/c1-11-6-19-10(18)12(11,2)9-14-5-8(17)20-15(11,14)4-7(16)13(14,3)21-9/h7,9,16H,4-6H2,1-3H3/t7-,9?,11?,12?,13+,14?,15-/m0/s1. The van der Waals surface area contributed by atoms with Crippen molar-refractivity contribution in [1.82, 2.24) is 0 Å². The van der Waals surface area contributed by atoms with Gasteiger partial charge in [0.25, 0.3) is 0 Å². The fourth-order valence-electron chi connectivity index (χ4n) is 6.40. The highest BCUT2D eigenvalue weighted by Gasteiger charge is 2.99. The van der Waals surface area contributed by atoms with Gasteiger partial charge in [0.05, 0.1) is 29.5 Å². The molecule has 1 N–H and O–H groups in total. The van der Waals surface area contributed by atoms with Crippen molar-refractivity contribution in [3.05, 3.63) is 0 Å². The molecule has 3 saturated heterocycles. The molecular formula is C15H18O6. The highest BCUT2D eigenvalue weighted by atomic mass is 16.6. The Bertz CT molecular complexity index is 632. The summed E-state index contributed by atoms with van der Waals surface area (Å²) in [4.78, 5) is 24.5. The van der Waals surface area contributed by atoms with E-state index in [4.69, 9.17) is 14.2 Å². The van der Waals surface area contributed by atoms with Gasteiger partial charge in [0.15, 0.2) is 0 Å². The second-order valence-corrected chi connectivity index (χ2v) is 7.88. The largest absolute Gasteiger partial charge is 0.464 e. The predicted octanol–water partition coefficient (Wildman–Crippen LogP) is 0.164. The first-order chi connectivity index (χ1) is 9.70. The number of cyclic esters (lactones) is 1. The Morgan fingerprint density at radius 1 is 1.24 bits per heavy atom. The highest BCUT2D eigenvalue weighted by molar-refractivity contribution is 5.86. The minimum Gasteiger partial charge on any atom is -0.464 e. The number of esters is 2. The fraction of sp³-hybridized carbons (Fsp3) is 0.867. The molecule has 2 saturated carbocycles. The van der Waals surface area contributed by atoms with Gasteiger partial charge in [-0.2, -0.15) is 0 Å². The van der Waals surface area contributed by atoms with Gasteiger partial charge in [-0.15, -0.1) is 0 Å². The smallest absolute Gasteiger partial charge is 0.315 e. The van der Waals surface area contributed by atoms with Gasteiger partial charge in [0, 0.05) is 6.42 Å². The van der Waals surface area contributed by atoms with Gasteiger partial charge >= 0.3 is 11.9 Å². The second kappa shape index (κ2) is 2.74. The number of fused-ring (bicyclic) bond motifs is 2. The molecule has 0 aromatic heterocycles.